The highest BCUT2D eigenvalue weighted by molar-refractivity contribution is 5.58. The SMILES string of the molecule is N#CC[n+]1cc(-c2ccccc2)n2c1CCC2. The first kappa shape index (κ1) is 10.1. The summed E-state index contributed by atoms with van der Waals surface area (Å²) < 4.78 is 4.42. The van der Waals surface area contributed by atoms with Crippen molar-refractivity contribution in [1.82, 2.24) is 4.57 Å². The number of hydrogen-bond donors (Lipinski definition) is 0. The van der Waals surface area contributed by atoms with E-state index in [1.807, 2.05) is 6.07 Å². The van der Waals surface area contributed by atoms with Crippen LogP contribution in [0.3, 0.4) is 0 Å². The van der Waals surface area contributed by atoms with Gasteiger partial charge < -0.3 is 0 Å². The Labute approximate surface area is 101 Å². The molecule has 0 radical (unpaired) electrons. The lowest BCUT2D eigenvalue weighted by Gasteiger charge is -1.97. The summed E-state index contributed by atoms with van der Waals surface area (Å²) in [6.07, 6.45) is 4.36. The van der Waals surface area contributed by atoms with Crippen molar-refractivity contribution in [3.05, 3.63) is 42.4 Å². The number of benzene rings is 1. The Morgan fingerprint density at radius 2 is 2.12 bits per heavy atom. The summed E-state index contributed by atoms with van der Waals surface area (Å²) in [5, 5.41) is 8.85. The number of nitrogens with zero attached hydrogens (tertiary/aromatic N) is 3. The van der Waals surface area contributed by atoms with E-state index in [0.29, 0.717) is 6.54 Å². The van der Waals surface area contributed by atoms with Crippen molar-refractivity contribution >= 4 is 0 Å². The van der Waals surface area contributed by atoms with Gasteiger partial charge in [-0.15, -0.1) is 0 Å². The number of rotatable bonds is 2. The molecule has 0 atom stereocenters. The lowest BCUT2D eigenvalue weighted by molar-refractivity contribution is -0.691. The van der Waals surface area contributed by atoms with Crippen LogP contribution in [-0.2, 0) is 19.5 Å². The molecule has 3 heteroatoms. The van der Waals surface area contributed by atoms with E-state index in [1.54, 1.807) is 0 Å². The van der Waals surface area contributed by atoms with Crippen molar-refractivity contribution in [3.63, 3.8) is 0 Å². The average Bonchev–Trinajstić information content (AvgIpc) is 2.94. The normalized spacial score (nSPS) is 13.4. The maximum atomic E-state index is 8.85. The standard InChI is InChI=1S/C14H14N3/c15-8-10-16-11-13(12-5-2-1-3-6-12)17-9-4-7-14(16)17/h1-3,5-6,11H,4,7,9-10H2/q+1. The van der Waals surface area contributed by atoms with Gasteiger partial charge in [0, 0.05) is 5.56 Å². The summed E-state index contributed by atoms with van der Waals surface area (Å²) in [4.78, 5) is 0. The van der Waals surface area contributed by atoms with Gasteiger partial charge in [0.05, 0.1) is 13.0 Å². The third kappa shape index (κ3) is 1.62. The van der Waals surface area contributed by atoms with Crippen LogP contribution in [0.15, 0.2) is 36.5 Å². The Kier molecular flexibility index (Phi) is 2.41. The number of fused-ring (bicyclic) bond motifs is 1. The molecule has 2 aromatic rings. The number of nitriles is 1. The van der Waals surface area contributed by atoms with Crippen LogP contribution in [0, 0.1) is 11.3 Å². The highest BCUT2D eigenvalue weighted by Gasteiger charge is 2.28. The lowest BCUT2D eigenvalue weighted by atomic mass is 10.2. The third-order valence-corrected chi connectivity index (χ3v) is 3.30. The summed E-state index contributed by atoms with van der Waals surface area (Å²) in [6.45, 7) is 1.51. The molecule has 1 aliphatic rings. The van der Waals surface area contributed by atoms with Gasteiger partial charge in [-0.2, -0.15) is 5.26 Å². The maximum absolute atomic E-state index is 8.85. The largest absolute Gasteiger partial charge is 0.257 e. The molecule has 1 aromatic heterocycles. The molecule has 0 saturated heterocycles. The van der Waals surface area contributed by atoms with Crippen molar-refractivity contribution in [3.8, 4) is 17.3 Å². The second-order valence-electron chi connectivity index (χ2n) is 4.34. The molecule has 1 aromatic carbocycles. The van der Waals surface area contributed by atoms with E-state index in [1.165, 1.54) is 23.5 Å². The van der Waals surface area contributed by atoms with E-state index < -0.39 is 0 Å². The predicted molar refractivity (Wildman–Crippen MR) is 64.0 cm³/mol. The van der Waals surface area contributed by atoms with Crippen LogP contribution in [0.2, 0.25) is 0 Å². The Morgan fingerprint density at radius 1 is 1.29 bits per heavy atom. The van der Waals surface area contributed by atoms with Crippen molar-refractivity contribution in [2.75, 3.05) is 0 Å². The molecule has 3 nitrogen and oxygen atoms in total. The van der Waals surface area contributed by atoms with Gasteiger partial charge in [-0.05, 0) is 6.42 Å². The molecule has 84 valence electrons. The molecule has 17 heavy (non-hydrogen) atoms. The average molecular weight is 224 g/mol. The molecule has 0 aliphatic carbocycles. The molecular formula is C14H14N3+. The molecule has 0 saturated carbocycles. The van der Waals surface area contributed by atoms with Crippen LogP contribution in [0.25, 0.3) is 11.3 Å². The van der Waals surface area contributed by atoms with Crippen molar-refractivity contribution < 1.29 is 4.57 Å². The molecule has 0 unspecified atom stereocenters. The van der Waals surface area contributed by atoms with E-state index in [2.05, 4.69) is 45.7 Å². The van der Waals surface area contributed by atoms with Crippen LogP contribution in [-0.4, -0.2) is 4.57 Å². The molecule has 0 amide bonds. The second-order valence-corrected chi connectivity index (χ2v) is 4.34. The predicted octanol–water partition coefficient (Wildman–Crippen LogP) is 1.91. The van der Waals surface area contributed by atoms with E-state index in [0.717, 1.165) is 13.0 Å². The zero-order valence-corrected chi connectivity index (χ0v) is 9.63. The van der Waals surface area contributed by atoms with Gasteiger partial charge in [0.2, 0.25) is 0 Å². The van der Waals surface area contributed by atoms with Gasteiger partial charge in [-0.1, -0.05) is 30.3 Å². The van der Waals surface area contributed by atoms with Crippen LogP contribution in [0.5, 0.6) is 0 Å². The summed E-state index contributed by atoms with van der Waals surface area (Å²) in [5.74, 6) is 1.28. The maximum Gasteiger partial charge on any atom is 0.257 e. The Bertz CT molecular complexity index is 576. The number of hydrogen-bond acceptors (Lipinski definition) is 1. The molecule has 3 rings (SSSR count). The first-order chi connectivity index (χ1) is 8.40. The Balaban J connectivity index is 2.13. The zero-order chi connectivity index (χ0) is 11.7. The summed E-state index contributed by atoms with van der Waals surface area (Å²) in [6, 6.07) is 12.6. The molecule has 0 spiro atoms. The minimum absolute atomic E-state index is 0.447. The molecule has 0 bridgehead atoms. The number of aromatic nitrogens is 2. The van der Waals surface area contributed by atoms with E-state index in [4.69, 9.17) is 5.26 Å². The van der Waals surface area contributed by atoms with Gasteiger partial charge in [-0.25, -0.2) is 9.13 Å². The Morgan fingerprint density at radius 3 is 2.88 bits per heavy atom. The minimum Gasteiger partial charge on any atom is -0.227 e. The molecule has 1 aliphatic heterocycles. The summed E-state index contributed by atoms with van der Waals surface area (Å²) in [7, 11) is 0. The fraction of sp³-hybridized carbons (Fsp3) is 0.286. The fourth-order valence-corrected chi connectivity index (χ4v) is 2.56. The third-order valence-electron chi connectivity index (χ3n) is 3.30. The van der Waals surface area contributed by atoms with Crippen molar-refractivity contribution in [1.29, 1.82) is 5.26 Å². The van der Waals surface area contributed by atoms with Crippen LogP contribution < -0.4 is 4.57 Å². The monoisotopic (exact) mass is 224 g/mol. The summed E-state index contributed by atoms with van der Waals surface area (Å²) in [5.41, 5.74) is 2.46. The lowest BCUT2D eigenvalue weighted by Crippen LogP contribution is -2.35. The van der Waals surface area contributed by atoms with Gasteiger partial charge >= 0.3 is 0 Å². The fourth-order valence-electron chi connectivity index (χ4n) is 2.56. The Hall–Kier alpha value is -2.08. The van der Waals surface area contributed by atoms with E-state index >= 15 is 0 Å². The highest BCUT2D eigenvalue weighted by atomic mass is 15.2. The van der Waals surface area contributed by atoms with Gasteiger partial charge in [0.1, 0.15) is 12.3 Å². The van der Waals surface area contributed by atoms with Gasteiger partial charge in [-0.3, -0.25) is 0 Å². The minimum atomic E-state index is 0.447. The first-order valence-corrected chi connectivity index (χ1v) is 5.94. The molecule has 0 N–H and O–H groups in total. The van der Waals surface area contributed by atoms with Gasteiger partial charge in [0.25, 0.3) is 5.82 Å². The number of imidazole rings is 1. The summed E-state index contributed by atoms with van der Waals surface area (Å²) >= 11 is 0. The van der Waals surface area contributed by atoms with E-state index in [9.17, 15) is 0 Å². The van der Waals surface area contributed by atoms with E-state index in [-0.39, 0.29) is 0 Å². The smallest absolute Gasteiger partial charge is 0.227 e. The topological polar surface area (TPSA) is 32.6 Å². The highest BCUT2D eigenvalue weighted by Crippen LogP contribution is 2.24. The second kappa shape index (κ2) is 4.06. The van der Waals surface area contributed by atoms with Crippen LogP contribution >= 0.6 is 0 Å². The van der Waals surface area contributed by atoms with Gasteiger partial charge in [0.15, 0.2) is 12.2 Å². The van der Waals surface area contributed by atoms with Crippen molar-refractivity contribution in [2.24, 2.45) is 0 Å². The molecule has 0 fully saturated rings. The van der Waals surface area contributed by atoms with Crippen molar-refractivity contribution in [2.45, 2.75) is 25.9 Å². The quantitative estimate of drug-likeness (QED) is 0.717. The molecule has 2 heterocycles. The zero-order valence-electron chi connectivity index (χ0n) is 9.63. The molecular weight excluding hydrogens is 210 g/mol. The van der Waals surface area contributed by atoms with Crippen LogP contribution in [0.1, 0.15) is 12.2 Å². The van der Waals surface area contributed by atoms with Crippen LogP contribution in [0.4, 0.5) is 0 Å². The first-order valence-electron chi connectivity index (χ1n) is 5.94.